The minimum atomic E-state index is 0.318. The van der Waals surface area contributed by atoms with Gasteiger partial charge in [-0.3, -0.25) is 4.68 Å². The average Bonchev–Trinajstić information content (AvgIpc) is 3.32. The van der Waals surface area contributed by atoms with Crippen molar-refractivity contribution in [3.63, 3.8) is 0 Å². The number of nitrogens with zero attached hydrogens (tertiary/aromatic N) is 4. The Kier molecular flexibility index (Phi) is 5.19. The highest BCUT2D eigenvalue weighted by molar-refractivity contribution is 7.13. The zero-order valence-electron chi connectivity index (χ0n) is 13.3. The molecule has 0 bridgehead atoms. The van der Waals surface area contributed by atoms with Crippen LogP contribution < -0.4 is 5.32 Å². The van der Waals surface area contributed by atoms with E-state index < -0.39 is 0 Å². The van der Waals surface area contributed by atoms with Crippen LogP contribution >= 0.6 is 11.3 Å². The molecule has 122 valence electrons. The highest BCUT2D eigenvalue weighted by Gasteiger charge is 2.13. The molecule has 3 heterocycles. The van der Waals surface area contributed by atoms with Gasteiger partial charge in [-0.2, -0.15) is 10.1 Å². The van der Waals surface area contributed by atoms with Crippen molar-refractivity contribution in [2.24, 2.45) is 0 Å². The van der Waals surface area contributed by atoms with Crippen LogP contribution in [0.2, 0.25) is 0 Å². The van der Waals surface area contributed by atoms with Gasteiger partial charge in [-0.1, -0.05) is 11.2 Å². The Morgan fingerprint density at radius 1 is 1.35 bits per heavy atom. The molecule has 0 fully saturated rings. The molecule has 0 aliphatic heterocycles. The van der Waals surface area contributed by atoms with Crippen LogP contribution in [0.25, 0.3) is 10.7 Å². The second-order valence-corrected chi connectivity index (χ2v) is 6.51. The van der Waals surface area contributed by atoms with E-state index in [1.807, 2.05) is 40.7 Å². The predicted octanol–water partition coefficient (Wildman–Crippen LogP) is 3.17. The first-order valence-corrected chi connectivity index (χ1v) is 8.71. The second kappa shape index (κ2) is 7.52. The summed E-state index contributed by atoms with van der Waals surface area (Å²) in [4.78, 5) is 5.48. The predicted molar refractivity (Wildman–Crippen MR) is 90.3 cm³/mol. The van der Waals surface area contributed by atoms with Crippen molar-refractivity contribution < 1.29 is 4.52 Å². The van der Waals surface area contributed by atoms with E-state index in [-0.39, 0.29) is 0 Å². The number of thiophene rings is 1. The Labute approximate surface area is 139 Å². The highest BCUT2D eigenvalue weighted by atomic mass is 32.1. The number of aryl methyl sites for hydroxylation is 1. The molecule has 6 nitrogen and oxygen atoms in total. The Morgan fingerprint density at radius 2 is 2.26 bits per heavy atom. The van der Waals surface area contributed by atoms with Crippen molar-refractivity contribution in [1.29, 1.82) is 0 Å². The first-order valence-electron chi connectivity index (χ1n) is 7.83. The van der Waals surface area contributed by atoms with Gasteiger partial charge in [0.05, 0.1) is 10.9 Å². The summed E-state index contributed by atoms with van der Waals surface area (Å²) in [7, 11) is 0. The Hall–Kier alpha value is -1.99. The topological polar surface area (TPSA) is 68.8 Å². The van der Waals surface area contributed by atoms with E-state index in [2.05, 4.69) is 34.4 Å². The van der Waals surface area contributed by atoms with Crippen molar-refractivity contribution in [1.82, 2.24) is 25.2 Å². The van der Waals surface area contributed by atoms with Gasteiger partial charge >= 0.3 is 0 Å². The number of aromatic nitrogens is 4. The van der Waals surface area contributed by atoms with Crippen LogP contribution in [-0.2, 0) is 6.42 Å². The minimum Gasteiger partial charge on any atom is -0.339 e. The Balaban J connectivity index is 1.41. The number of rotatable bonds is 8. The molecule has 3 aromatic rings. The molecule has 0 unspecified atom stereocenters. The van der Waals surface area contributed by atoms with E-state index in [0.29, 0.717) is 23.8 Å². The summed E-state index contributed by atoms with van der Waals surface area (Å²) in [5.74, 6) is 1.38. The third kappa shape index (κ3) is 4.05. The lowest BCUT2D eigenvalue weighted by Crippen LogP contribution is -2.34. The maximum atomic E-state index is 5.31. The number of hydrogen-bond donors (Lipinski definition) is 1. The van der Waals surface area contributed by atoms with Crippen LogP contribution in [0.4, 0.5) is 0 Å². The normalized spacial score (nSPS) is 14.0. The molecule has 0 amide bonds. The van der Waals surface area contributed by atoms with Gasteiger partial charge in [0.2, 0.25) is 11.7 Å². The van der Waals surface area contributed by atoms with Crippen molar-refractivity contribution in [2.75, 3.05) is 6.54 Å². The van der Waals surface area contributed by atoms with Crippen molar-refractivity contribution >= 4 is 11.3 Å². The molecule has 0 aliphatic rings. The van der Waals surface area contributed by atoms with Crippen LogP contribution in [0.5, 0.6) is 0 Å². The van der Waals surface area contributed by atoms with E-state index in [9.17, 15) is 0 Å². The van der Waals surface area contributed by atoms with Crippen molar-refractivity contribution in [2.45, 2.75) is 38.8 Å². The highest BCUT2D eigenvalue weighted by Crippen LogP contribution is 2.21. The molecule has 23 heavy (non-hydrogen) atoms. The molecule has 0 aromatic carbocycles. The van der Waals surface area contributed by atoms with E-state index in [0.717, 1.165) is 24.3 Å². The summed E-state index contributed by atoms with van der Waals surface area (Å²) in [5, 5.41) is 13.8. The third-order valence-electron chi connectivity index (χ3n) is 3.91. The average molecular weight is 331 g/mol. The van der Waals surface area contributed by atoms with Gasteiger partial charge in [-0.15, -0.1) is 11.3 Å². The first-order chi connectivity index (χ1) is 11.2. The molecular formula is C16H21N5OS. The molecule has 0 radical (unpaired) electrons. The molecule has 3 rings (SSSR count). The van der Waals surface area contributed by atoms with Crippen LogP contribution in [-0.4, -0.2) is 32.5 Å². The van der Waals surface area contributed by atoms with Gasteiger partial charge in [0, 0.05) is 24.9 Å². The number of hydrogen-bond acceptors (Lipinski definition) is 6. The fourth-order valence-electron chi connectivity index (χ4n) is 2.35. The summed E-state index contributed by atoms with van der Waals surface area (Å²) < 4.78 is 7.28. The van der Waals surface area contributed by atoms with E-state index in [1.54, 1.807) is 11.3 Å². The standard InChI is InChI=1S/C16H21N5OS/c1-12(13(2)21-10-5-9-18-21)17-8-3-7-15-19-16(20-22-15)14-6-4-11-23-14/h4-6,9-13,17H,3,7-8H2,1-2H3/t12-,13+/m0/s1. The molecular weight excluding hydrogens is 310 g/mol. The smallest absolute Gasteiger partial charge is 0.227 e. The lowest BCUT2D eigenvalue weighted by molar-refractivity contribution is 0.353. The quantitative estimate of drug-likeness (QED) is 0.642. The summed E-state index contributed by atoms with van der Waals surface area (Å²) in [5.41, 5.74) is 0. The van der Waals surface area contributed by atoms with Gasteiger partial charge in [0.15, 0.2) is 0 Å². The fourth-order valence-corrected chi connectivity index (χ4v) is 3.00. The van der Waals surface area contributed by atoms with Gasteiger partial charge in [0.25, 0.3) is 0 Å². The van der Waals surface area contributed by atoms with Crippen molar-refractivity contribution in [3.8, 4) is 10.7 Å². The van der Waals surface area contributed by atoms with Crippen LogP contribution in [0.1, 0.15) is 32.2 Å². The first kappa shape index (κ1) is 15.9. The molecule has 1 N–H and O–H groups in total. The molecule has 7 heteroatoms. The molecule has 0 spiro atoms. The van der Waals surface area contributed by atoms with Crippen LogP contribution in [0.15, 0.2) is 40.5 Å². The molecule has 0 saturated heterocycles. The molecule has 3 aromatic heterocycles. The van der Waals surface area contributed by atoms with E-state index >= 15 is 0 Å². The zero-order chi connectivity index (χ0) is 16.1. The monoisotopic (exact) mass is 331 g/mol. The molecule has 0 aliphatic carbocycles. The van der Waals surface area contributed by atoms with Crippen LogP contribution in [0.3, 0.4) is 0 Å². The Bertz CT molecular complexity index is 692. The number of nitrogens with one attached hydrogen (secondary N) is 1. The SMILES string of the molecule is C[C@H](NCCCc1nc(-c2cccs2)no1)[C@@H](C)n1cccn1. The lowest BCUT2D eigenvalue weighted by atomic mass is 10.1. The van der Waals surface area contributed by atoms with Gasteiger partial charge < -0.3 is 9.84 Å². The maximum Gasteiger partial charge on any atom is 0.227 e. The third-order valence-corrected chi connectivity index (χ3v) is 4.77. The summed E-state index contributed by atoms with van der Waals surface area (Å²) in [6, 6.07) is 6.60. The summed E-state index contributed by atoms with van der Waals surface area (Å²) in [6.45, 7) is 5.24. The van der Waals surface area contributed by atoms with Crippen LogP contribution in [0, 0.1) is 0 Å². The van der Waals surface area contributed by atoms with Gasteiger partial charge in [-0.05, 0) is 44.3 Å². The molecule has 0 saturated carbocycles. The summed E-state index contributed by atoms with van der Waals surface area (Å²) in [6.07, 6.45) is 5.55. The Morgan fingerprint density at radius 3 is 3.00 bits per heavy atom. The van der Waals surface area contributed by atoms with E-state index in [4.69, 9.17) is 4.52 Å². The molecule has 2 atom stereocenters. The summed E-state index contributed by atoms with van der Waals surface area (Å²) >= 11 is 1.62. The largest absolute Gasteiger partial charge is 0.339 e. The second-order valence-electron chi connectivity index (χ2n) is 5.56. The van der Waals surface area contributed by atoms with Gasteiger partial charge in [-0.25, -0.2) is 0 Å². The van der Waals surface area contributed by atoms with Crippen molar-refractivity contribution in [3.05, 3.63) is 41.9 Å². The lowest BCUT2D eigenvalue weighted by Gasteiger charge is -2.21. The zero-order valence-corrected chi connectivity index (χ0v) is 14.2. The minimum absolute atomic E-state index is 0.318. The van der Waals surface area contributed by atoms with E-state index in [1.165, 1.54) is 0 Å². The maximum absolute atomic E-state index is 5.31. The van der Waals surface area contributed by atoms with Gasteiger partial charge in [0.1, 0.15) is 0 Å². The fraction of sp³-hybridized carbons (Fsp3) is 0.438.